The number of imide groups is 1. The van der Waals surface area contributed by atoms with E-state index in [1.807, 2.05) is 12.1 Å². The van der Waals surface area contributed by atoms with Gasteiger partial charge >= 0.3 is 6.03 Å². The topological polar surface area (TPSA) is 55.9 Å². The standard InChI is InChI=1S/C21H29ClN4O2/c1-16-4-2-3-9-21(16)19(27)26(20(28)23-21)15-25-12-10-24(11-13-25)14-17-5-7-18(22)8-6-17/h5-8,16H,2-4,9-15H2,1H3,(H,23,28)/t16-,21+/m0/s1. The van der Waals surface area contributed by atoms with E-state index in [-0.39, 0.29) is 17.9 Å². The number of halogens is 1. The Morgan fingerprint density at radius 3 is 2.43 bits per heavy atom. The summed E-state index contributed by atoms with van der Waals surface area (Å²) in [5.74, 6) is 0.187. The van der Waals surface area contributed by atoms with Crippen molar-refractivity contribution < 1.29 is 9.59 Å². The molecule has 6 nitrogen and oxygen atoms in total. The van der Waals surface area contributed by atoms with E-state index >= 15 is 0 Å². The summed E-state index contributed by atoms with van der Waals surface area (Å²) < 4.78 is 0. The molecular weight excluding hydrogens is 376 g/mol. The number of hydrogen-bond acceptors (Lipinski definition) is 4. The Morgan fingerprint density at radius 2 is 1.75 bits per heavy atom. The molecule has 0 unspecified atom stereocenters. The molecule has 7 heteroatoms. The van der Waals surface area contributed by atoms with Gasteiger partial charge in [-0.05, 0) is 36.5 Å². The van der Waals surface area contributed by atoms with E-state index in [1.54, 1.807) is 0 Å². The van der Waals surface area contributed by atoms with Gasteiger partial charge in [-0.3, -0.25) is 14.6 Å². The Balaban J connectivity index is 1.31. The summed E-state index contributed by atoms with van der Waals surface area (Å²) in [7, 11) is 0. The van der Waals surface area contributed by atoms with Crippen molar-refractivity contribution in [3.8, 4) is 0 Å². The number of nitrogens with zero attached hydrogens (tertiary/aromatic N) is 3. The average molecular weight is 405 g/mol. The quantitative estimate of drug-likeness (QED) is 0.784. The van der Waals surface area contributed by atoms with Crippen LogP contribution in [0.15, 0.2) is 24.3 Å². The Morgan fingerprint density at radius 1 is 1.07 bits per heavy atom. The van der Waals surface area contributed by atoms with Crippen LogP contribution in [0.5, 0.6) is 0 Å². The summed E-state index contributed by atoms with van der Waals surface area (Å²) in [5, 5.41) is 3.80. The van der Waals surface area contributed by atoms with E-state index in [0.717, 1.165) is 63.4 Å². The Kier molecular flexibility index (Phi) is 5.63. The first kappa shape index (κ1) is 19.7. The van der Waals surface area contributed by atoms with Crippen LogP contribution < -0.4 is 5.32 Å². The lowest BCUT2D eigenvalue weighted by atomic mass is 9.73. The summed E-state index contributed by atoms with van der Waals surface area (Å²) in [6.07, 6.45) is 3.92. The maximum absolute atomic E-state index is 13.1. The van der Waals surface area contributed by atoms with Crippen LogP contribution in [0.4, 0.5) is 4.79 Å². The number of benzene rings is 1. The third-order valence-electron chi connectivity index (χ3n) is 6.63. The third kappa shape index (κ3) is 3.78. The van der Waals surface area contributed by atoms with Crippen molar-refractivity contribution >= 4 is 23.5 Å². The van der Waals surface area contributed by atoms with Crippen molar-refractivity contribution in [2.45, 2.75) is 44.7 Å². The highest BCUT2D eigenvalue weighted by Crippen LogP contribution is 2.38. The van der Waals surface area contributed by atoms with Gasteiger partial charge < -0.3 is 5.32 Å². The van der Waals surface area contributed by atoms with Crippen molar-refractivity contribution in [1.82, 2.24) is 20.0 Å². The maximum Gasteiger partial charge on any atom is 0.326 e. The second kappa shape index (κ2) is 8.01. The van der Waals surface area contributed by atoms with Gasteiger partial charge in [0.15, 0.2) is 0 Å². The number of urea groups is 1. The average Bonchev–Trinajstić information content (AvgIpc) is 2.92. The fourth-order valence-corrected chi connectivity index (χ4v) is 4.89. The Bertz CT molecular complexity index is 732. The largest absolute Gasteiger partial charge is 0.326 e. The van der Waals surface area contributed by atoms with Crippen molar-refractivity contribution in [2.24, 2.45) is 5.92 Å². The van der Waals surface area contributed by atoms with Crippen LogP contribution in [0.1, 0.15) is 38.2 Å². The SMILES string of the molecule is C[C@H]1CCCC[C@@]12NC(=O)N(CN1CCN(Cc3ccc(Cl)cc3)CC1)C2=O. The summed E-state index contributed by atoms with van der Waals surface area (Å²) in [4.78, 5) is 31.7. The first-order valence-electron chi connectivity index (χ1n) is 10.3. The lowest BCUT2D eigenvalue weighted by molar-refractivity contribution is -0.136. The van der Waals surface area contributed by atoms with Gasteiger partial charge in [-0.2, -0.15) is 0 Å². The smallest absolute Gasteiger partial charge is 0.323 e. The van der Waals surface area contributed by atoms with Gasteiger partial charge in [0.1, 0.15) is 5.54 Å². The minimum absolute atomic E-state index is 0.0201. The second-order valence-electron chi connectivity index (χ2n) is 8.44. The predicted octanol–water partition coefficient (Wildman–Crippen LogP) is 2.92. The molecule has 0 aromatic heterocycles. The molecule has 2 heterocycles. The number of carbonyl (C=O) groups is 2. The van der Waals surface area contributed by atoms with Gasteiger partial charge in [0, 0.05) is 37.7 Å². The van der Waals surface area contributed by atoms with Gasteiger partial charge in [-0.1, -0.05) is 43.5 Å². The van der Waals surface area contributed by atoms with Crippen LogP contribution in [0, 0.1) is 5.92 Å². The third-order valence-corrected chi connectivity index (χ3v) is 6.88. The molecule has 2 atom stereocenters. The van der Waals surface area contributed by atoms with Crippen LogP contribution in [-0.2, 0) is 11.3 Å². The van der Waals surface area contributed by atoms with E-state index in [9.17, 15) is 9.59 Å². The fourth-order valence-electron chi connectivity index (χ4n) is 4.76. The Labute approximate surface area is 171 Å². The van der Waals surface area contributed by atoms with E-state index in [2.05, 4.69) is 34.2 Å². The van der Waals surface area contributed by atoms with Gasteiger partial charge in [0.05, 0.1) is 6.67 Å². The molecule has 1 aromatic carbocycles. The number of hydrogen-bond donors (Lipinski definition) is 1. The van der Waals surface area contributed by atoms with Gasteiger partial charge in [-0.15, -0.1) is 0 Å². The van der Waals surface area contributed by atoms with Crippen LogP contribution >= 0.6 is 11.6 Å². The highest BCUT2D eigenvalue weighted by Gasteiger charge is 2.55. The molecule has 3 aliphatic rings. The molecule has 1 N–H and O–H groups in total. The minimum Gasteiger partial charge on any atom is -0.323 e. The zero-order chi connectivity index (χ0) is 19.7. The first-order valence-corrected chi connectivity index (χ1v) is 10.7. The summed E-state index contributed by atoms with van der Waals surface area (Å²) >= 11 is 5.96. The van der Waals surface area contributed by atoms with Gasteiger partial charge in [0.2, 0.25) is 0 Å². The molecule has 1 spiro atoms. The number of piperazine rings is 1. The molecule has 152 valence electrons. The van der Waals surface area contributed by atoms with Crippen LogP contribution in [0.25, 0.3) is 0 Å². The lowest BCUT2D eigenvalue weighted by Gasteiger charge is -2.38. The second-order valence-corrected chi connectivity index (χ2v) is 8.88. The molecule has 2 saturated heterocycles. The van der Waals surface area contributed by atoms with E-state index < -0.39 is 5.54 Å². The first-order chi connectivity index (χ1) is 13.5. The van der Waals surface area contributed by atoms with Crippen molar-refractivity contribution in [3.63, 3.8) is 0 Å². The van der Waals surface area contributed by atoms with Crippen molar-refractivity contribution in [2.75, 3.05) is 32.8 Å². The normalized spacial score (nSPS) is 29.5. The minimum atomic E-state index is -0.661. The van der Waals surface area contributed by atoms with E-state index in [4.69, 9.17) is 11.6 Å². The number of nitrogens with one attached hydrogen (secondary N) is 1. The molecule has 4 rings (SSSR count). The molecule has 1 aromatic rings. The molecule has 0 radical (unpaired) electrons. The maximum atomic E-state index is 13.1. The molecule has 1 aliphatic carbocycles. The number of carbonyl (C=O) groups excluding carboxylic acids is 2. The van der Waals surface area contributed by atoms with Crippen LogP contribution in [0.2, 0.25) is 5.02 Å². The summed E-state index contributed by atoms with van der Waals surface area (Å²) in [5.41, 5.74) is 0.589. The molecule has 3 amide bonds. The highest BCUT2D eigenvalue weighted by molar-refractivity contribution is 6.30. The zero-order valence-corrected chi connectivity index (χ0v) is 17.2. The van der Waals surface area contributed by atoms with Crippen LogP contribution in [0.3, 0.4) is 0 Å². The van der Waals surface area contributed by atoms with E-state index in [1.165, 1.54) is 10.5 Å². The Hall–Kier alpha value is -1.63. The van der Waals surface area contributed by atoms with Crippen LogP contribution in [-0.4, -0.2) is 65.0 Å². The summed E-state index contributed by atoms with van der Waals surface area (Å²) in [6, 6.07) is 7.75. The van der Waals surface area contributed by atoms with Gasteiger partial charge in [0.25, 0.3) is 5.91 Å². The van der Waals surface area contributed by atoms with Crippen molar-refractivity contribution in [1.29, 1.82) is 0 Å². The highest BCUT2D eigenvalue weighted by atomic mass is 35.5. The molecule has 3 fully saturated rings. The summed E-state index contributed by atoms with van der Waals surface area (Å²) in [6.45, 7) is 6.95. The number of amides is 3. The molecule has 2 aliphatic heterocycles. The van der Waals surface area contributed by atoms with Crippen molar-refractivity contribution in [3.05, 3.63) is 34.9 Å². The number of rotatable bonds is 4. The molecule has 28 heavy (non-hydrogen) atoms. The lowest BCUT2D eigenvalue weighted by Crippen LogP contribution is -2.55. The zero-order valence-electron chi connectivity index (χ0n) is 16.5. The van der Waals surface area contributed by atoms with Gasteiger partial charge in [-0.25, -0.2) is 9.69 Å². The van der Waals surface area contributed by atoms with E-state index in [0.29, 0.717) is 6.67 Å². The fraction of sp³-hybridized carbons (Fsp3) is 0.619. The predicted molar refractivity (Wildman–Crippen MR) is 109 cm³/mol. The molecule has 1 saturated carbocycles. The molecular formula is C21H29ClN4O2. The molecule has 0 bridgehead atoms. The monoisotopic (exact) mass is 404 g/mol.